The monoisotopic (exact) mass is 431 g/mol. The number of nitrogens with one attached hydrogen (secondary N) is 2. The molecule has 0 aromatic heterocycles. The third kappa shape index (κ3) is 4.02. The summed E-state index contributed by atoms with van der Waals surface area (Å²) in [5.74, 6) is 0.351. The molecule has 2 aliphatic rings. The first-order valence-corrected chi connectivity index (χ1v) is 11.5. The second kappa shape index (κ2) is 7.80. The van der Waals surface area contributed by atoms with Crippen LogP contribution in [0.2, 0.25) is 5.02 Å². The van der Waals surface area contributed by atoms with E-state index in [2.05, 4.69) is 15.0 Å². The highest BCUT2D eigenvalue weighted by atomic mass is 35.5. The summed E-state index contributed by atoms with van der Waals surface area (Å²) in [5.41, 5.74) is 0.776. The highest BCUT2D eigenvalue weighted by Gasteiger charge is 2.45. The van der Waals surface area contributed by atoms with E-state index in [1.807, 2.05) is 12.1 Å². The lowest BCUT2D eigenvalue weighted by Crippen LogP contribution is -2.46. The first kappa shape index (κ1) is 19.9. The Hall–Kier alpha value is -2.38. The minimum atomic E-state index is -3.73. The molecule has 0 bridgehead atoms. The van der Waals surface area contributed by atoms with Gasteiger partial charge in [0.1, 0.15) is 5.84 Å². The summed E-state index contributed by atoms with van der Waals surface area (Å²) in [6.07, 6.45) is 3.94. The molecule has 1 aliphatic heterocycles. The molecule has 152 valence electrons. The third-order valence-corrected chi connectivity index (χ3v) is 7.20. The average molecular weight is 432 g/mol. The molecule has 0 saturated heterocycles. The Morgan fingerprint density at radius 3 is 2.45 bits per heavy atom. The minimum absolute atomic E-state index is 0.0963. The van der Waals surface area contributed by atoms with Crippen LogP contribution in [-0.4, -0.2) is 26.7 Å². The molecule has 0 unspecified atom stereocenters. The van der Waals surface area contributed by atoms with Crippen LogP contribution in [0.5, 0.6) is 0 Å². The summed E-state index contributed by atoms with van der Waals surface area (Å²) < 4.78 is 27.8. The predicted molar refractivity (Wildman–Crippen MR) is 114 cm³/mol. The van der Waals surface area contributed by atoms with E-state index in [-0.39, 0.29) is 10.8 Å². The Labute approximate surface area is 175 Å². The maximum atomic E-state index is 13.1. The van der Waals surface area contributed by atoms with E-state index >= 15 is 0 Å². The van der Waals surface area contributed by atoms with Crippen molar-refractivity contribution in [3.63, 3.8) is 0 Å². The summed E-state index contributed by atoms with van der Waals surface area (Å²) in [4.78, 5) is 17.4. The molecule has 1 aliphatic carbocycles. The van der Waals surface area contributed by atoms with Gasteiger partial charge in [0.25, 0.3) is 10.0 Å². The molecule has 1 saturated carbocycles. The molecule has 2 aromatic carbocycles. The second-order valence-electron chi connectivity index (χ2n) is 7.46. The van der Waals surface area contributed by atoms with E-state index in [0.29, 0.717) is 29.5 Å². The van der Waals surface area contributed by atoms with Crippen LogP contribution in [0.3, 0.4) is 0 Å². The number of carbonyl (C=O) groups excluding carboxylic acids is 1. The van der Waals surface area contributed by atoms with Crippen molar-refractivity contribution in [1.82, 2.24) is 4.72 Å². The Bertz CT molecular complexity index is 1060. The third-order valence-electron chi connectivity index (χ3n) is 5.57. The first-order chi connectivity index (χ1) is 13.9. The van der Waals surface area contributed by atoms with Crippen molar-refractivity contribution in [2.45, 2.75) is 42.4 Å². The molecule has 8 heteroatoms. The second-order valence-corrected chi connectivity index (χ2v) is 9.58. The van der Waals surface area contributed by atoms with Gasteiger partial charge in [0.2, 0.25) is 5.91 Å². The number of nitrogens with zero attached hydrogens (tertiary/aromatic N) is 1. The van der Waals surface area contributed by atoms with Gasteiger partial charge in [-0.1, -0.05) is 36.2 Å². The Morgan fingerprint density at radius 1 is 1.07 bits per heavy atom. The highest BCUT2D eigenvalue weighted by molar-refractivity contribution is 7.90. The van der Waals surface area contributed by atoms with E-state index < -0.39 is 15.4 Å². The average Bonchev–Trinajstić information content (AvgIpc) is 3.15. The van der Waals surface area contributed by atoms with Crippen LogP contribution < -0.4 is 10.0 Å². The number of amidine groups is 1. The van der Waals surface area contributed by atoms with Gasteiger partial charge in [-0.25, -0.2) is 8.42 Å². The zero-order valence-corrected chi connectivity index (χ0v) is 17.4. The molecule has 2 aromatic rings. The molecule has 0 radical (unpaired) electrons. The van der Waals surface area contributed by atoms with Gasteiger partial charge in [-0.2, -0.15) is 0 Å². The summed E-state index contributed by atoms with van der Waals surface area (Å²) in [5, 5.41) is 3.54. The van der Waals surface area contributed by atoms with Gasteiger partial charge in [0.15, 0.2) is 0 Å². The van der Waals surface area contributed by atoms with E-state index in [1.165, 1.54) is 12.1 Å². The summed E-state index contributed by atoms with van der Waals surface area (Å²) >= 11 is 5.98. The fourth-order valence-corrected chi connectivity index (χ4v) is 5.04. The molecule has 29 heavy (non-hydrogen) atoms. The first-order valence-electron chi connectivity index (χ1n) is 9.63. The van der Waals surface area contributed by atoms with Crippen LogP contribution in [-0.2, 0) is 20.2 Å². The smallest absolute Gasteiger partial charge is 0.262 e. The van der Waals surface area contributed by atoms with E-state index in [1.54, 1.807) is 24.3 Å². The van der Waals surface area contributed by atoms with Crippen molar-refractivity contribution in [1.29, 1.82) is 0 Å². The van der Waals surface area contributed by atoms with E-state index in [9.17, 15) is 13.2 Å². The van der Waals surface area contributed by atoms with Crippen LogP contribution in [0.4, 0.5) is 5.69 Å². The number of anilines is 1. The SMILES string of the molecule is O=C(Nc1cccc(S(=O)(=O)NC2=NCCC2)c1)C1(c2ccc(Cl)cc2)CCC1. The number of hydrogen-bond acceptors (Lipinski definition) is 4. The molecule has 0 atom stereocenters. The normalized spacial score (nSPS) is 17.9. The Balaban J connectivity index is 1.54. The van der Waals surface area contributed by atoms with Gasteiger partial charge in [-0.05, 0) is 55.2 Å². The number of aliphatic imine (C=N–C) groups is 1. The lowest BCUT2D eigenvalue weighted by Gasteiger charge is -2.40. The topological polar surface area (TPSA) is 87.6 Å². The molecular weight excluding hydrogens is 410 g/mol. The van der Waals surface area contributed by atoms with Crippen LogP contribution in [0.25, 0.3) is 0 Å². The Morgan fingerprint density at radius 2 is 1.83 bits per heavy atom. The van der Waals surface area contributed by atoms with Gasteiger partial charge >= 0.3 is 0 Å². The maximum Gasteiger partial charge on any atom is 0.262 e. The van der Waals surface area contributed by atoms with Gasteiger partial charge in [-0.15, -0.1) is 0 Å². The minimum Gasteiger partial charge on any atom is -0.325 e. The summed E-state index contributed by atoms with van der Waals surface area (Å²) in [6, 6.07) is 13.6. The van der Waals surface area contributed by atoms with Gasteiger partial charge < -0.3 is 5.32 Å². The zero-order valence-electron chi connectivity index (χ0n) is 15.8. The lowest BCUT2D eigenvalue weighted by atomic mass is 9.64. The highest BCUT2D eigenvalue weighted by Crippen LogP contribution is 2.45. The van der Waals surface area contributed by atoms with Crippen LogP contribution in [0, 0.1) is 0 Å². The van der Waals surface area contributed by atoms with Crippen LogP contribution in [0.1, 0.15) is 37.7 Å². The largest absolute Gasteiger partial charge is 0.325 e. The molecule has 6 nitrogen and oxygen atoms in total. The summed E-state index contributed by atoms with van der Waals surface area (Å²) in [7, 11) is -3.73. The van der Waals surface area contributed by atoms with Gasteiger partial charge in [-0.3, -0.25) is 14.5 Å². The van der Waals surface area contributed by atoms with E-state index in [0.717, 1.165) is 31.2 Å². The summed E-state index contributed by atoms with van der Waals surface area (Å²) in [6.45, 7) is 0.640. The van der Waals surface area contributed by atoms with Crippen LogP contribution >= 0.6 is 11.6 Å². The predicted octanol–water partition coefficient (Wildman–Crippen LogP) is 3.87. The number of carbonyl (C=O) groups is 1. The molecule has 4 rings (SSSR count). The van der Waals surface area contributed by atoms with Crippen LogP contribution in [0.15, 0.2) is 58.4 Å². The fourth-order valence-electron chi connectivity index (χ4n) is 3.77. The molecule has 1 fully saturated rings. The van der Waals surface area contributed by atoms with Crippen molar-refractivity contribution < 1.29 is 13.2 Å². The van der Waals surface area contributed by atoms with Gasteiger partial charge in [0, 0.05) is 23.7 Å². The number of benzene rings is 2. The number of sulfonamides is 1. The van der Waals surface area contributed by atoms with Crippen molar-refractivity contribution in [3.8, 4) is 0 Å². The molecule has 0 spiro atoms. The van der Waals surface area contributed by atoms with Crippen molar-refractivity contribution >= 4 is 39.1 Å². The molecular formula is C21H22ClN3O3S. The van der Waals surface area contributed by atoms with Gasteiger partial charge in [0.05, 0.1) is 10.3 Å². The molecule has 1 heterocycles. The Kier molecular flexibility index (Phi) is 5.36. The lowest BCUT2D eigenvalue weighted by molar-refractivity contribution is -0.124. The van der Waals surface area contributed by atoms with Crippen molar-refractivity contribution in [3.05, 3.63) is 59.1 Å². The van der Waals surface area contributed by atoms with E-state index in [4.69, 9.17) is 11.6 Å². The number of halogens is 1. The number of amides is 1. The van der Waals surface area contributed by atoms with Crippen molar-refractivity contribution in [2.75, 3.05) is 11.9 Å². The van der Waals surface area contributed by atoms with Crippen molar-refractivity contribution in [2.24, 2.45) is 4.99 Å². The molecule has 2 N–H and O–H groups in total. The number of rotatable bonds is 5. The maximum absolute atomic E-state index is 13.1. The molecule has 1 amide bonds. The quantitative estimate of drug-likeness (QED) is 0.753. The zero-order chi connectivity index (χ0) is 20.5. The fraction of sp³-hybridized carbons (Fsp3) is 0.333. The standard InChI is InChI=1S/C21H22ClN3O3S/c22-16-9-7-15(8-10-16)21(11-3-12-21)20(26)24-17-4-1-5-18(14-17)29(27,28)25-19-6-2-13-23-19/h1,4-5,7-10,14H,2-3,6,11-13H2,(H,23,25)(H,24,26). The number of hydrogen-bond donors (Lipinski definition) is 2.